The number of rotatable bonds is 7. The number of ether oxygens (including phenoxy) is 1. The first-order chi connectivity index (χ1) is 11.7. The molecule has 25 heavy (non-hydrogen) atoms. The van der Waals surface area contributed by atoms with Crippen LogP contribution < -0.4 is 0 Å². The summed E-state index contributed by atoms with van der Waals surface area (Å²) in [6.45, 7) is 12.3. The van der Waals surface area contributed by atoms with Gasteiger partial charge in [-0.2, -0.15) is 0 Å². The number of methoxy groups -OCH3 is 1. The second kappa shape index (κ2) is 7.85. The maximum Gasteiger partial charge on any atom is 0.254 e. The fourth-order valence-corrected chi connectivity index (χ4v) is 3.67. The monoisotopic (exact) mass is 361 g/mol. The standard InChI is InChI=1S/C20H31NO3Si/c1-20(2,3)25(5,6)24-15-14-21-17(18(23-4)19(21)22)13-12-16-10-8-7-9-11-16/h7-13,17-18H,14-15H2,1-6H3/b13-12+/t17-,18+/m0/s1. The van der Waals surface area contributed by atoms with Crippen LogP contribution in [0.4, 0.5) is 0 Å². The first kappa shape index (κ1) is 19.9. The van der Waals surface area contributed by atoms with Crippen molar-refractivity contribution < 1.29 is 14.0 Å². The van der Waals surface area contributed by atoms with Crippen LogP contribution in [-0.4, -0.2) is 51.5 Å². The molecule has 2 atom stereocenters. The molecule has 138 valence electrons. The molecule has 5 heteroatoms. The molecule has 0 spiro atoms. The van der Waals surface area contributed by atoms with Gasteiger partial charge in [0.05, 0.1) is 12.6 Å². The summed E-state index contributed by atoms with van der Waals surface area (Å²) in [7, 11) is -0.195. The molecule has 0 saturated carbocycles. The van der Waals surface area contributed by atoms with Gasteiger partial charge >= 0.3 is 0 Å². The fraction of sp³-hybridized carbons (Fsp3) is 0.550. The first-order valence-electron chi connectivity index (χ1n) is 8.88. The lowest BCUT2D eigenvalue weighted by Gasteiger charge is -2.45. The zero-order chi connectivity index (χ0) is 18.7. The highest BCUT2D eigenvalue weighted by Crippen LogP contribution is 2.36. The van der Waals surface area contributed by atoms with Gasteiger partial charge in [0.15, 0.2) is 14.4 Å². The molecule has 0 radical (unpaired) electrons. The average Bonchev–Trinajstić information content (AvgIpc) is 2.55. The third-order valence-corrected chi connectivity index (χ3v) is 9.88. The lowest BCUT2D eigenvalue weighted by molar-refractivity contribution is -0.166. The maximum absolute atomic E-state index is 12.3. The topological polar surface area (TPSA) is 38.8 Å². The van der Waals surface area contributed by atoms with Crippen LogP contribution in [0, 0.1) is 0 Å². The van der Waals surface area contributed by atoms with Gasteiger partial charge in [-0.3, -0.25) is 4.79 Å². The van der Waals surface area contributed by atoms with Crippen molar-refractivity contribution in [2.45, 2.75) is 51.0 Å². The van der Waals surface area contributed by atoms with E-state index in [2.05, 4.69) is 39.9 Å². The summed E-state index contributed by atoms with van der Waals surface area (Å²) in [6, 6.07) is 10.1. The fourth-order valence-electron chi connectivity index (χ4n) is 2.63. The molecule has 1 aromatic rings. The molecule has 0 N–H and O–H groups in total. The van der Waals surface area contributed by atoms with Crippen molar-refractivity contribution in [3.05, 3.63) is 42.0 Å². The minimum Gasteiger partial charge on any atom is -0.415 e. The van der Waals surface area contributed by atoms with E-state index >= 15 is 0 Å². The van der Waals surface area contributed by atoms with Crippen molar-refractivity contribution in [3.63, 3.8) is 0 Å². The van der Waals surface area contributed by atoms with Gasteiger partial charge in [0.1, 0.15) is 0 Å². The van der Waals surface area contributed by atoms with Crippen molar-refractivity contribution in [1.29, 1.82) is 0 Å². The lowest BCUT2D eigenvalue weighted by atomic mass is 9.96. The van der Waals surface area contributed by atoms with E-state index in [1.165, 1.54) is 0 Å². The number of β-lactam (4-membered cyclic amide) rings is 1. The summed E-state index contributed by atoms with van der Waals surface area (Å²) in [6.07, 6.45) is 3.72. The average molecular weight is 362 g/mol. The number of hydrogen-bond donors (Lipinski definition) is 0. The van der Waals surface area contributed by atoms with Gasteiger partial charge in [0.2, 0.25) is 0 Å². The number of likely N-dealkylation sites (tertiary alicyclic amines) is 1. The predicted molar refractivity (Wildman–Crippen MR) is 105 cm³/mol. The third kappa shape index (κ3) is 4.60. The van der Waals surface area contributed by atoms with Crippen LogP contribution in [0.2, 0.25) is 18.1 Å². The number of amides is 1. The van der Waals surface area contributed by atoms with Gasteiger partial charge in [-0.25, -0.2) is 0 Å². The van der Waals surface area contributed by atoms with Crippen LogP contribution in [0.3, 0.4) is 0 Å². The molecule has 4 nitrogen and oxygen atoms in total. The number of hydrogen-bond acceptors (Lipinski definition) is 3. The second-order valence-corrected chi connectivity index (χ2v) is 12.9. The van der Waals surface area contributed by atoms with Gasteiger partial charge in [-0.05, 0) is 23.7 Å². The Morgan fingerprint density at radius 1 is 1.20 bits per heavy atom. The number of carbonyl (C=O) groups excluding carboxylic acids is 1. The van der Waals surface area contributed by atoms with E-state index in [4.69, 9.17) is 9.16 Å². The largest absolute Gasteiger partial charge is 0.415 e. The Morgan fingerprint density at radius 3 is 2.40 bits per heavy atom. The van der Waals surface area contributed by atoms with Crippen molar-refractivity contribution in [1.82, 2.24) is 4.90 Å². The zero-order valence-corrected chi connectivity index (χ0v) is 17.3. The molecular formula is C20H31NO3Si. The SMILES string of the molecule is CO[C@H]1C(=O)N(CCO[Si](C)(C)C(C)(C)C)[C@H]1/C=C/c1ccccc1. The van der Waals surface area contributed by atoms with E-state index in [-0.39, 0.29) is 23.1 Å². The molecule has 1 aliphatic rings. The highest BCUT2D eigenvalue weighted by atomic mass is 28.4. The van der Waals surface area contributed by atoms with Crippen molar-refractivity contribution >= 4 is 20.3 Å². The zero-order valence-electron chi connectivity index (χ0n) is 16.3. The van der Waals surface area contributed by atoms with Gasteiger partial charge in [0.25, 0.3) is 5.91 Å². The number of benzene rings is 1. The normalized spacial score (nSPS) is 21.7. The number of nitrogens with zero attached hydrogens (tertiary/aromatic N) is 1. The molecule has 0 aromatic heterocycles. The van der Waals surface area contributed by atoms with E-state index < -0.39 is 8.32 Å². The van der Waals surface area contributed by atoms with Crippen LogP contribution in [-0.2, 0) is 14.0 Å². The van der Waals surface area contributed by atoms with E-state index in [1.54, 1.807) is 7.11 Å². The van der Waals surface area contributed by atoms with E-state index in [1.807, 2.05) is 41.3 Å². The molecule has 1 aliphatic heterocycles. The van der Waals surface area contributed by atoms with Crippen molar-refractivity contribution in [3.8, 4) is 0 Å². The molecule has 0 bridgehead atoms. The minimum absolute atomic E-state index is 0.0271. The third-order valence-electron chi connectivity index (χ3n) is 5.34. The summed E-state index contributed by atoms with van der Waals surface area (Å²) in [5.74, 6) is 0.0454. The summed E-state index contributed by atoms with van der Waals surface area (Å²) in [4.78, 5) is 14.1. The van der Waals surface area contributed by atoms with E-state index in [0.29, 0.717) is 13.2 Å². The van der Waals surface area contributed by atoms with Crippen LogP contribution in [0.25, 0.3) is 6.08 Å². The van der Waals surface area contributed by atoms with Crippen LogP contribution in [0.5, 0.6) is 0 Å². The summed E-state index contributed by atoms with van der Waals surface area (Å²) < 4.78 is 11.6. The van der Waals surface area contributed by atoms with Gasteiger partial charge in [-0.15, -0.1) is 0 Å². The van der Waals surface area contributed by atoms with Crippen molar-refractivity contribution in [2.24, 2.45) is 0 Å². The minimum atomic E-state index is -1.79. The van der Waals surface area contributed by atoms with Crippen LogP contribution in [0.15, 0.2) is 36.4 Å². The van der Waals surface area contributed by atoms with Crippen molar-refractivity contribution in [2.75, 3.05) is 20.3 Å². The highest BCUT2D eigenvalue weighted by molar-refractivity contribution is 6.74. The van der Waals surface area contributed by atoms with Gasteiger partial charge in [0, 0.05) is 13.7 Å². The molecule has 1 aromatic carbocycles. The highest BCUT2D eigenvalue weighted by Gasteiger charge is 2.46. The molecule has 2 rings (SSSR count). The second-order valence-electron chi connectivity index (χ2n) is 8.06. The summed E-state index contributed by atoms with van der Waals surface area (Å²) in [5.41, 5.74) is 1.12. The Labute approximate surface area is 152 Å². The molecule has 1 saturated heterocycles. The van der Waals surface area contributed by atoms with E-state index in [9.17, 15) is 4.79 Å². The number of carbonyl (C=O) groups is 1. The Kier molecular flexibility index (Phi) is 6.24. The van der Waals surface area contributed by atoms with Gasteiger partial charge in [-0.1, -0.05) is 63.3 Å². The summed E-state index contributed by atoms with van der Waals surface area (Å²) >= 11 is 0. The Morgan fingerprint density at radius 2 is 1.84 bits per heavy atom. The molecule has 0 unspecified atom stereocenters. The lowest BCUT2D eigenvalue weighted by Crippen LogP contribution is -2.65. The Hall–Kier alpha value is -1.43. The molecule has 1 heterocycles. The molecule has 1 fully saturated rings. The smallest absolute Gasteiger partial charge is 0.254 e. The first-order valence-corrected chi connectivity index (χ1v) is 11.8. The summed E-state index contributed by atoms with van der Waals surface area (Å²) in [5, 5.41) is 0.174. The maximum atomic E-state index is 12.3. The molecular weight excluding hydrogens is 330 g/mol. The molecule has 1 amide bonds. The van der Waals surface area contributed by atoms with Gasteiger partial charge < -0.3 is 14.1 Å². The van der Waals surface area contributed by atoms with Crippen LogP contribution in [0.1, 0.15) is 26.3 Å². The van der Waals surface area contributed by atoms with E-state index in [0.717, 1.165) is 5.56 Å². The van der Waals surface area contributed by atoms with Crippen LogP contribution >= 0.6 is 0 Å². The Balaban J connectivity index is 1.96. The Bertz CT molecular complexity index is 607. The molecule has 0 aliphatic carbocycles. The predicted octanol–water partition coefficient (Wildman–Crippen LogP) is 3.95. The quantitative estimate of drug-likeness (QED) is 0.545.